The highest BCUT2D eigenvalue weighted by Gasteiger charge is 2.54. The van der Waals surface area contributed by atoms with Gasteiger partial charge in [-0.15, -0.1) is 11.8 Å². The number of fused-ring (bicyclic) bond motifs is 1. The number of thioether (sulfide) groups is 1. The summed E-state index contributed by atoms with van der Waals surface area (Å²) in [5.41, 5.74) is 5.43. The number of hydrogen-bond donors (Lipinski definition) is 3. The summed E-state index contributed by atoms with van der Waals surface area (Å²) in [5.74, 6) is -3.13. The van der Waals surface area contributed by atoms with Crippen LogP contribution in [-0.2, 0) is 28.8 Å². The number of anilines is 1. The summed E-state index contributed by atoms with van der Waals surface area (Å²) in [6.07, 6.45) is -0.351. The average molecular weight is 518 g/mol. The van der Waals surface area contributed by atoms with Crippen molar-refractivity contribution in [2.75, 3.05) is 18.1 Å². The van der Waals surface area contributed by atoms with Crippen LogP contribution in [0.15, 0.2) is 16.4 Å². The molecular weight excluding hydrogens is 498 g/mol. The van der Waals surface area contributed by atoms with Gasteiger partial charge in [-0.1, -0.05) is 28.1 Å². The van der Waals surface area contributed by atoms with E-state index in [2.05, 4.69) is 15.5 Å². The molecule has 4 N–H and O–H groups in total. The van der Waals surface area contributed by atoms with Crippen LogP contribution in [0.5, 0.6) is 0 Å². The first-order valence-corrected chi connectivity index (χ1v) is 11.8. The van der Waals surface area contributed by atoms with Gasteiger partial charge in [-0.25, -0.2) is 9.78 Å². The Bertz CT molecular complexity index is 1070. The van der Waals surface area contributed by atoms with Gasteiger partial charge < -0.3 is 25.7 Å². The number of carbonyl (C=O) groups excluding carboxylic acids is 3. The maximum atomic E-state index is 13.0. The number of halogens is 1. The third kappa shape index (κ3) is 5.23. The van der Waals surface area contributed by atoms with E-state index >= 15 is 0 Å². The molecule has 2 aliphatic heterocycles. The molecule has 12 nitrogen and oxygen atoms in total. The van der Waals surface area contributed by atoms with Crippen molar-refractivity contribution in [2.45, 2.75) is 38.3 Å². The van der Waals surface area contributed by atoms with Crippen LogP contribution in [0.2, 0.25) is 4.34 Å². The fourth-order valence-electron chi connectivity index (χ4n) is 3.01. The van der Waals surface area contributed by atoms with Crippen LogP contribution >= 0.6 is 34.7 Å². The number of hydrogen-bond acceptors (Lipinski definition) is 11. The third-order valence-corrected chi connectivity index (χ3v) is 6.81. The van der Waals surface area contributed by atoms with E-state index in [9.17, 15) is 24.3 Å². The van der Waals surface area contributed by atoms with Crippen molar-refractivity contribution in [2.24, 2.45) is 5.16 Å². The minimum absolute atomic E-state index is 0.00651. The molecule has 0 unspecified atom stereocenters. The van der Waals surface area contributed by atoms with E-state index in [0.717, 1.165) is 16.2 Å². The predicted octanol–water partition coefficient (Wildman–Crippen LogP) is 0.810. The summed E-state index contributed by atoms with van der Waals surface area (Å²) in [5, 5.41) is 15.4. The first-order valence-electron chi connectivity index (χ1n) is 9.51. The molecular formula is C18H20ClN5O7S2. The molecule has 1 fully saturated rings. The normalized spacial score (nSPS) is 20.3. The largest absolute Gasteiger partial charge is 0.477 e. The Balaban J connectivity index is 1.81. The van der Waals surface area contributed by atoms with E-state index in [1.807, 2.05) is 0 Å². The number of carboxylic acid groups (broad SMARTS) is 1. The molecule has 2 atom stereocenters. The molecule has 0 aromatic carbocycles. The van der Waals surface area contributed by atoms with E-state index in [0.29, 0.717) is 0 Å². The number of aliphatic carboxylic acids is 1. The highest BCUT2D eigenvalue weighted by Crippen LogP contribution is 2.40. The number of aromatic nitrogens is 1. The lowest BCUT2D eigenvalue weighted by Gasteiger charge is -2.49. The summed E-state index contributed by atoms with van der Waals surface area (Å²) in [4.78, 5) is 58.9. The molecule has 0 spiro atoms. The predicted molar refractivity (Wildman–Crippen MR) is 121 cm³/mol. The fraction of sp³-hybridized carbons (Fsp3) is 0.444. The molecule has 3 heterocycles. The standard InChI is InChI=1S/C18H20ClN5O7S2/c1-6(2)31-23-10(9-13(19)33-18(20)22-9)14(26)21-11-15(27)24-12(17(28)29)8(4-30-7(3)25)5-32-16(11)24/h6,11,16H,4-5H2,1-3H3,(H2,20,22)(H,21,26)(H,28,29)/t11-,16-/m1/s1. The van der Waals surface area contributed by atoms with Gasteiger partial charge >= 0.3 is 11.9 Å². The number of rotatable bonds is 8. The minimum Gasteiger partial charge on any atom is -0.477 e. The Labute approximate surface area is 201 Å². The SMILES string of the molecule is CC(=O)OCC1=C(C(=O)O)N2C(=O)[C@@H](NC(=O)C(=NOC(C)C)c3nc(N)sc3Cl)[C@H]2SC1. The molecule has 1 aromatic rings. The monoisotopic (exact) mass is 517 g/mol. The Morgan fingerprint density at radius 1 is 1.42 bits per heavy atom. The van der Waals surface area contributed by atoms with Crippen LogP contribution in [-0.4, -0.2) is 74.3 Å². The lowest BCUT2D eigenvalue weighted by Crippen LogP contribution is -2.71. The summed E-state index contributed by atoms with van der Waals surface area (Å²) in [6, 6.07) is -1.02. The van der Waals surface area contributed by atoms with Crippen LogP contribution in [0.3, 0.4) is 0 Å². The van der Waals surface area contributed by atoms with Gasteiger partial charge in [0.1, 0.15) is 39.9 Å². The van der Waals surface area contributed by atoms with Gasteiger partial charge in [0.15, 0.2) is 10.8 Å². The van der Waals surface area contributed by atoms with Gasteiger partial charge in [0.05, 0.1) is 0 Å². The van der Waals surface area contributed by atoms with Gasteiger partial charge in [-0.2, -0.15) is 0 Å². The number of esters is 1. The van der Waals surface area contributed by atoms with Gasteiger partial charge in [0.25, 0.3) is 11.8 Å². The molecule has 3 rings (SSSR count). The zero-order valence-corrected chi connectivity index (χ0v) is 20.0. The van der Waals surface area contributed by atoms with Crippen LogP contribution < -0.4 is 11.1 Å². The maximum Gasteiger partial charge on any atom is 0.352 e. The number of thiazole rings is 1. The molecule has 15 heteroatoms. The lowest BCUT2D eigenvalue weighted by atomic mass is 10.0. The van der Waals surface area contributed by atoms with E-state index in [1.54, 1.807) is 13.8 Å². The maximum absolute atomic E-state index is 13.0. The first kappa shape index (κ1) is 24.8. The molecule has 0 saturated carbocycles. The number of nitrogens with zero attached hydrogens (tertiary/aromatic N) is 3. The van der Waals surface area contributed by atoms with Crippen LogP contribution in [0.1, 0.15) is 26.5 Å². The molecule has 33 heavy (non-hydrogen) atoms. The second-order valence-corrected chi connectivity index (χ2v) is 9.90. The van der Waals surface area contributed by atoms with Crippen molar-refractivity contribution < 1.29 is 33.9 Å². The summed E-state index contributed by atoms with van der Waals surface area (Å²) in [6.45, 7) is 4.36. The molecule has 1 aromatic heterocycles. The Morgan fingerprint density at radius 3 is 2.67 bits per heavy atom. The molecule has 178 valence electrons. The van der Waals surface area contributed by atoms with Gasteiger partial charge in [-0.05, 0) is 13.8 Å². The summed E-state index contributed by atoms with van der Waals surface area (Å²) >= 11 is 8.29. The highest BCUT2D eigenvalue weighted by molar-refractivity contribution is 8.00. The van der Waals surface area contributed by atoms with Crippen LogP contribution in [0.25, 0.3) is 0 Å². The summed E-state index contributed by atoms with van der Waals surface area (Å²) in [7, 11) is 0. The third-order valence-electron chi connectivity index (χ3n) is 4.38. The van der Waals surface area contributed by atoms with E-state index < -0.39 is 35.2 Å². The van der Waals surface area contributed by atoms with Gasteiger partial charge in [-0.3, -0.25) is 19.3 Å². The second-order valence-electron chi connectivity index (χ2n) is 7.17. The first-order chi connectivity index (χ1) is 15.5. The van der Waals surface area contributed by atoms with Crippen LogP contribution in [0, 0.1) is 0 Å². The lowest BCUT2D eigenvalue weighted by molar-refractivity contribution is -0.150. The summed E-state index contributed by atoms with van der Waals surface area (Å²) < 4.78 is 5.02. The zero-order chi connectivity index (χ0) is 24.4. The van der Waals surface area contributed by atoms with Crippen LogP contribution in [0.4, 0.5) is 5.13 Å². The van der Waals surface area contributed by atoms with Crippen molar-refractivity contribution in [3.05, 3.63) is 21.3 Å². The number of carboxylic acids is 1. The quantitative estimate of drug-likeness (QED) is 0.194. The molecule has 2 aliphatic rings. The molecule has 0 bridgehead atoms. The van der Waals surface area contributed by atoms with Crippen molar-refractivity contribution in [3.63, 3.8) is 0 Å². The number of carbonyl (C=O) groups is 4. The van der Waals surface area contributed by atoms with E-state index in [-0.39, 0.29) is 50.6 Å². The second kappa shape index (κ2) is 9.97. The number of nitrogen functional groups attached to an aromatic ring is 1. The van der Waals surface area contributed by atoms with Gasteiger partial charge in [0, 0.05) is 18.2 Å². The average Bonchev–Trinajstić information content (AvgIpc) is 3.06. The Morgan fingerprint density at radius 2 is 2.12 bits per heavy atom. The number of ether oxygens (including phenoxy) is 1. The number of β-lactam (4-membered cyclic amide) rings is 1. The Hall–Kier alpha value is -2.84. The molecule has 2 amide bonds. The molecule has 1 saturated heterocycles. The number of oxime groups is 1. The van der Waals surface area contributed by atoms with E-state index in [4.69, 9.17) is 26.9 Å². The fourth-order valence-corrected chi connectivity index (χ4v) is 5.26. The zero-order valence-electron chi connectivity index (χ0n) is 17.7. The van der Waals surface area contributed by atoms with Crippen molar-refractivity contribution in [3.8, 4) is 0 Å². The number of amides is 2. The number of nitrogens with one attached hydrogen (secondary N) is 1. The van der Waals surface area contributed by atoms with Crippen molar-refractivity contribution in [1.29, 1.82) is 0 Å². The highest BCUT2D eigenvalue weighted by atomic mass is 35.5. The molecule has 0 aliphatic carbocycles. The van der Waals surface area contributed by atoms with Crippen molar-refractivity contribution >= 4 is 69.3 Å². The Kier molecular flexibility index (Phi) is 7.49. The van der Waals surface area contributed by atoms with E-state index in [1.165, 1.54) is 18.7 Å². The van der Waals surface area contributed by atoms with Gasteiger partial charge in [0.2, 0.25) is 0 Å². The minimum atomic E-state index is -1.34. The number of nitrogens with two attached hydrogens (primary N) is 1. The topological polar surface area (TPSA) is 174 Å². The van der Waals surface area contributed by atoms with Crippen molar-refractivity contribution in [1.82, 2.24) is 15.2 Å². The smallest absolute Gasteiger partial charge is 0.352 e. The molecule has 0 radical (unpaired) electrons.